The molecular formula is C18H19N5OS2. The Morgan fingerprint density at radius 3 is 2.81 bits per heavy atom. The van der Waals surface area contributed by atoms with E-state index in [1.54, 1.807) is 35.2 Å². The van der Waals surface area contributed by atoms with Crippen molar-refractivity contribution >= 4 is 40.1 Å². The fraction of sp³-hybridized carbons (Fsp3) is 0.278. The fourth-order valence-electron chi connectivity index (χ4n) is 3.47. The number of aliphatic imine (C=N–C) groups is 1. The lowest BCUT2D eigenvalue weighted by atomic mass is 9.93. The Bertz CT molecular complexity index is 852. The van der Waals surface area contributed by atoms with Crippen LogP contribution in [0.1, 0.15) is 15.2 Å². The van der Waals surface area contributed by atoms with Gasteiger partial charge in [-0.25, -0.2) is 0 Å². The minimum absolute atomic E-state index is 0.0887. The summed E-state index contributed by atoms with van der Waals surface area (Å²) < 4.78 is -0.235. The number of thiophene rings is 1. The quantitative estimate of drug-likeness (QED) is 0.546. The van der Waals surface area contributed by atoms with Crippen LogP contribution < -0.4 is 11.1 Å². The Kier molecular flexibility index (Phi) is 4.46. The van der Waals surface area contributed by atoms with Crippen LogP contribution in [0.15, 0.2) is 52.8 Å². The minimum atomic E-state index is -0.235. The zero-order valence-electron chi connectivity index (χ0n) is 14.0. The Morgan fingerprint density at radius 2 is 2.12 bits per heavy atom. The molecule has 1 amide bonds. The van der Waals surface area contributed by atoms with Crippen LogP contribution in [-0.4, -0.2) is 41.6 Å². The SMILES string of the molecule is N=C(N)N1C[C@@H]2CN=C(NC(=O)c3ccccc3)S[C@@]2(c2cccs2)C1. The van der Waals surface area contributed by atoms with Gasteiger partial charge in [0.1, 0.15) is 0 Å². The Hall–Kier alpha value is -2.32. The summed E-state index contributed by atoms with van der Waals surface area (Å²) in [6.07, 6.45) is 0. The molecule has 26 heavy (non-hydrogen) atoms. The number of fused-ring (bicyclic) bond motifs is 1. The number of rotatable bonds is 2. The summed E-state index contributed by atoms with van der Waals surface area (Å²) in [4.78, 5) is 20.2. The topological polar surface area (TPSA) is 94.6 Å². The summed E-state index contributed by atoms with van der Waals surface area (Å²) in [6, 6.07) is 13.3. The molecule has 0 radical (unpaired) electrons. The minimum Gasteiger partial charge on any atom is -0.370 e. The van der Waals surface area contributed by atoms with Crippen LogP contribution in [0, 0.1) is 11.3 Å². The summed E-state index contributed by atoms with van der Waals surface area (Å²) >= 11 is 3.29. The van der Waals surface area contributed by atoms with Crippen molar-refractivity contribution in [3.8, 4) is 0 Å². The molecule has 2 atom stereocenters. The van der Waals surface area contributed by atoms with Crippen LogP contribution in [0.5, 0.6) is 0 Å². The van der Waals surface area contributed by atoms with Gasteiger partial charge in [0.15, 0.2) is 11.1 Å². The van der Waals surface area contributed by atoms with E-state index in [2.05, 4.69) is 21.8 Å². The Labute approximate surface area is 160 Å². The van der Waals surface area contributed by atoms with Crippen molar-refractivity contribution in [2.75, 3.05) is 19.6 Å². The predicted molar refractivity (Wildman–Crippen MR) is 107 cm³/mol. The van der Waals surface area contributed by atoms with E-state index in [0.717, 1.165) is 0 Å². The highest BCUT2D eigenvalue weighted by Gasteiger charge is 2.52. The van der Waals surface area contributed by atoms with E-state index in [-0.39, 0.29) is 22.5 Å². The molecule has 1 aromatic carbocycles. The van der Waals surface area contributed by atoms with Crippen molar-refractivity contribution in [1.29, 1.82) is 5.41 Å². The number of benzene rings is 1. The van der Waals surface area contributed by atoms with E-state index in [4.69, 9.17) is 11.1 Å². The van der Waals surface area contributed by atoms with Crippen molar-refractivity contribution in [1.82, 2.24) is 10.2 Å². The predicted octanol–water partition coefficient (Wildman–Crippen LogP) is 2.30. The molecular weight excluding hydrogens is 366 g/mol. The molecule has 2 aliphatic heterocycles. The molecule has 0 spiro atoms. The van der Waals surface area contributed by atoms with E-state index in [0.29, 0.717) is 30.4 Å². The number of carbonyl (C=O) groups excluding carboxylic acids is 1. The fourth-order valence-corrected chi connectivity index (χ4v) is 5.96. The first-order valence-electron chi connectivity index (χ1n) is 8.31. The van der Waals surface area contributed by atoms with E-state index in [1.165, 1.54) is 4.88 Å². The molecule has 8 heteroatoms. The Morgan fingerprint density at radius 1 is 1.31 bits per heavy atom. The number of likely N-dealkylation sites (tertiary alicyclic amines) is 1. The normalized spacial score (nSPS) is 24.7. The van der Waals surface area contributed by atoms with Crippen LogP contribution in [-0.2, 0) is 4.75 Å². The lowest BCUT2D eigenvalue weighted by Crippen LogP contribution is -2.42. The zero-order valence-corrected chi connectivity index (χ0v) is 15.6. The first kappa shape index (κ1) is 17.1. The summed E-state index contributed by atoms with van der Waals surface area (Å²) in [5.74, 6) is 0.191. The molecule has 2 aliphatic rings. The van der Waals surface area contributed by atoms with Gasteiger partial charge in [0.25, 0.3) is 5.91 Å². The number of amidine groups is 1. The third-order valence-corrected chi connectivity index (χ3v) is 7.44. The molecule has 2 aromatic rings. The molecule has 4 rings (SSSR count). The van der Waals surface area contributed by atoms with E-state index < -0.39 is 0 Å². The zero-order chi connectivity index (χ0) is 18.1. The van der Waals surface area contributed by atoms with Crippen LogP contribution in [0.4, 0.5) is 0 Å². The maximum atomic E-state index is 12.5. The summed E-state index contributed by atoms with van der Waals surface area (Å²) in [7, 11) is 0. The van der Waals surface area contributed by atoms with Gasteiger partial charge < -0.3 is 16.0 Å². The summed E-state index contributed by atoms with van der Waals surface area (Å²) in [5, 5.41) is 13.5. The second kappa shape index (κ2) is 6.77. The van der Waals surface area contributed by atoms with Gasteiger partial charge in [0.05, 0.1) is 4.75 Å². The standard InChI is InChI=1S/C18H19N5OS2/c19-16(20)23-10-13-9-21-17(22-15(24)12-5-2-1-3-6-12)26-18(13,11-23)14-7-4-8-25-14/h1-8,13H,9-11H2,(H3,19,20)(H,21,22,24)/t13-,18-/m0/s1. The molecule has 1 fully saturated rings. The average molecular weight is 386 g/mol. The number of hydrogen-bond donors (Lipinski definition) is 3. The van der Waals surface area contributed by atoms with Gasteiger partial charge >= 0.3 is 0 Å². The highest BCUT2D eigenvalue weighted by atomic mass is 32.2. The van der Waals surface area contributed by atoms with Crippen LogP contribution in [0.2, 0.25) is 0 Å². The van der Waals surface area contributed by atoms with Gasteiger partial charge in [-0.3, -0.25) is 15.2 Å². The Balaban J connectivity index is 1.59. The molecule has 6 nitrogen and oxygen atoms in total. The monoisotopic (exact) mass is 385 g/mol. The maximum absolute atomic E-state index is 12.5. The summed E-state index contributed by atoms with van der Waals surface area (Å²) in [6.45, 7) is 1.97. The van der Waals surface area contributed by atoms with Gasteiger partial charge in [-0.15, -0.1) is 11.3 Å². The number of nitrogens with one attached hydrogen (secondary N) is 2. The molecule has 0 aliphatic carbocycles. The van der Waals surface area contributed by atoms with Gasteiger partial charge in [0.2, 0.25) is 0 Å². The van der Waals surface area contributed by atoms with E-state index in [9.17, 15) is 4.79 Å². The van der Waals surface area contributed by atoms with E-state index >= 15 is 0 Å². The second-order valence-electron chi connectivity index (χ2n) is 6.40. The lowest BCUT2D eigenvalue weighted by molar-refractivity contribution is 0.0977. The van der Waals surface area contributed by atoms with Crippen molar-refractivity contribution in [2.24, 2.45) is 16.6 Å². The number of hydrogen-bond acceptors (Lipinski definition) is 5. The lowest BCUT2D eigenvalue weighted by Gasteiger charge is -2.35. The number of guanidine groups is 1. The number of nitrogens with zero attached hydrogens (tertiary/aromatic N) is 2. The first-order chi connectivity index (χ1) is 12.6. The largest absolute Gasteiger partial charge is 0.370 e. The highest BCUT2D eigenvalue weighted by Crippen LogP contribution is 2.52. The van der Waals surface area contributed by atoms with Crippen LogP contribution in [0.3, 0.4) is 0 Å². The highest BCUT2D eigenvalue weighted by molar-refractivity contribution is 8.14. The van der Waals surface area contributed by atoms with Gasteiger partial charge in [-0.2, -0.15) is 0 Å². The van der Waals surface area contributed by atoms with Crippen molar-refractivity contribution in [2.45, 2.75) is 4.75 Å². The third kappa shape index (κ3) is 2.99. The van der Waals surface area contributed by atoms with Crippen LogP contribution in [0.25, 0.3) is 0 Å². The number of nitrogens with two attached hydrogens (primary N) is 1. The number of amides is 1. The molecule has 1 aromatic heterocycles. The van der Waals surface area contributed by atoms with Gasteiger partial charge in [-0.1, -0.05) is 36.0 Å². The maximum Gasteiger partial charge on any atom is 0.257 e. The van der Waals surface area contributed by atoms with Crippen molar-refractivity contribution in [3.05, 3.63) is 58.3 Å². The second-order valence-corrected chi connectivity index (χ2v) is 8.66. The van der Waals surface area contributed by atoms with Gasteiger partial charge in [-0.05, 0) is 23.6 Å². The average Bonchev–Trinajstić information content (AvgIpc) is 3.30. The van der Waals surface area contributed by atoms with Crippen molar-refractivity contribution < 1.29 is 4.79 Å². The third-order valence-electron chi connectivity index (χ3n) is 4.80. The summed E-state index contributed by atoms with van der Waals surface area (Å²) in [5.41, 5.74) is 6.36. The molecule has 4 N–H and O–H groups in total. The molecule has 3 heterocycles. The first-order valence-corrected chi connectivity index (χ1v) is 10.0. The number of carbonyl (C=O) groups is 1. The van der Waals surface area contributed by atoms with Crippen molar-refractivity contribution in [3.63, 3.8) is 0 Å². The molecule has 0 bridgehead atoms. The molecule has 0 unspecified atom stereocenters. The number of thioether (sulfide) groups is 1. The van der Waals surface area contributed by atoms with Crippen LogP contribution >= 0.6 is 23.1 Å². The molecule has 1 saturated heterocycles. The molecule has 134 valence electrons. The molecule has 0 saturated carbocycles. The smallest absolute Gasteiger partial charge is 0.257 e. The van der Waals surface area contributed by atoms with Gasteiger partial charge in [0, 0.05) is 36.0 Å². The van der Waals surface area contributed by atoms with E-state index in [1.807, 2.05) is 29.2 Å².